The third kappa shape index (κ3) is 3.80. The van der Waals surface area contributed by atoms with Gasteiger partial charge >= 0.3 is 0 Å². The average Bonchev–Trinajstić information content (AvgIpc) is 2.85. The molecule has 20 heavy (non-hydrogen) atoms. The van der Waals surface area contributed by atoms with Crippen LogP contribution in [0.4, 0.5) is 5.69 Å². The van der Waals surface area contributed by atoms with E-state index in [0.29, 0.717) is 0 Å². The fraction of sp³-hybridized carbons (Fsp3) is 0.412. The predicted octanol–water partition coefficient (Wildman–Crippen LogP) is 4.22. The normalized spacial score (nSPS) is 10.8. The molecular formula is C17H24N2O. The first-order valence-electron chi connectivity index (χ1n) is 7.24. The minimum Gasteiger partial charge on any atom is -0.491 e. The summed E-state index contributed by atoms with van der Waals surface area (Å²) in [6.45, 7) is 10.2. The molecule has 2 aromatic rings. The van der Waals surface area contributed by atoms with Crippen molar-refractivity contribution in [3.8, 4) is 5.75 Å². The van der Waals surface area contributed by atoms with E-state index in [1.807, 2.05) is 19.9 Å². The van der Waals surface area contributed by atoms with Crippen LogP contribution >= 0.6 is 0 Å². The second-order valence-corrected chi connectivity index (χ2v) is 5.35. The lowest BCUT2D eigenvalue weighted by Gasteiger charge is -2.13. The molecule has 0 unspecified atom stereocenters. The Hall–Kier alpha value is -1.90. The van der Waals surface area contributed by atoms with E-state index in [2.05, 4.69) is 54.3 Å². The monoisotopic (exact) mass is 272 g/mol. The first-order valence-corrected chi connectivity index (χ1v) is 7.24. The fourth-order valence-electron chi connectivity index (χ4n) is 2.17. The van der Waals surface area contributed by atoms with Crippen molar-refractivity contribution in [1.82, 2.24) is 4.57 Å². The second-order valence-electron chi connectivity index (χ2n) is 5.35. The Morgan fingerprint density at radius 1 is 1.25 bits per heavy atom. The summed E-state index contributed by atoms with van der Waals surface area (Å²) in [5.74, 6) is 0.931. The summed E-state index contributed by atoms with van der Waals surface area (Å²) in [5.41, 5.74) is 3.66. The van der Waals surface area contributed by atoms with Gasteiger partial charge in [-0.2, -0.15) is 0 Å². The Kier molecular flexibility index (Phi) is 4.72. The molecule has 0 aliphatic heterocycles. The molecule has 0 saturated heterocycles. The van der Waals surface area contributed by atoms with Crippen molar-refractivity contribution in [2.75, 3.05) is 5.32 Å². The Morgan fingerprint density at radius 3 is 2.65 bits per heavy atom. The first-order chi connectivity index (χ1) is 9.58. The van der Waals surface area contributed by atoms with Crippen LogP contribution in [0.3, 0.4) is 0 Å². The maximum Gasteiger partial charge on any atom is 0.120 e. The largest absolute Gasteiger partial charge is 0.491 e. The van der Waals surface area contributed by atoms with Gasteiger partial charge in [-0.05, 0) is 63.1 Å². The van der Waals surface area contributed by atoms with E-state index >= 15 is 0 Å². The van der Waals surface area contributed by atoms with E-state index in [-0.39, 0.29) is 6.10 Å². The van der Waals surface area contributed by atoms with Crippen molar-refractivity contribution >= 4 is 5.69 Å². The Bertz CT molecular complexity index is 558. The molecule has 0 fully saturated rings. The molecule has 108 valence electrons. The fourth-order valence-corrected chi connectivity index (χ4v) is 2.17. The third-order valence-corrected chi connectivity index (χ3v) is 3.23. The SMILES string of the molecule is CCn1ccc(CNc2ccc(OC(C)C)cc2C)c1. The molecule has 0 atom stereocenters. The quantitative estimate of drug-likeness (QED) is 0.852. The molecule has 0 bridgehead atoms. The number of nitrogens with zero attached hydrogens (tertiary/aromatic N) is 1. The van der Waals surface area contributed by atoms with Crippen LogP contribution < -0.4 is 10.1 Å². The molecule has 2 rings (SSSR count). The number of rotatable bonds is 6. The zero-order valence-electron chi connectivity index (χ0n) is 12.8. The lowest BCUT2D eigenvalue weighted by Crippen LogP contribution is -2.06. The molecule has 0 aliphatic carbocycles. The first kappa shape index (κ1) is 14.5. The van der Waals surface area contributed by atoms with Crippen molar-refractivity contribution in [3.63, 3.8) is 0 Å². The molecule has 0 amide bonds. The number of hydrogen-bond donors (Lipinski definition) is 1. The van der Waals surface area contributed by atoms with E-state index < -0.39 is 0 Å². The molecule has 0 radical (unpaired) electrons. The Labute approximate surface area is 121 Å². The van der Waals surface area contributed by atoms with Crippen molar-refractivity contribution in [3.05, 3.63) is 47.8 Å². The molecule has 3 heteroatoms. The number of hydrogen-bond acceptors (Lipinski definition) is 2. The van der Waals surface area contributed by atoms with Gasteiger partial charge in [-0.15, -0.1) is 0 Å². The maximum absolute atomic E-state index is 5.70. The Morgan fingerprint density at radius 2 is 2.05 bits per heavy atom. The summed E-state index contributed by atoms with van der Waals surface area (Å²) in [5, 5.41) is 3.48. The minimum absolute atomic E-state index is 0.210. The Balaban J connectivity index is 1.99. The van der Waals surface area contributed by atoms with Crippen LogP contribution in [0.25, 0.3) is 0 Å². The summed E-state index contributed by atoms with van der Waals surface area (Å²) in [6.07, 6.45) is 4.50. The van der Waals surface area contributed by atoms with Crippen molar-refractivity contribution < 1.29 is 4.74 Å². The summed E-state index contributed by atoms with van der Waals surface area (Å²) < 4.78 is 7.88. The van der Waals surface area contributed by atoms with Gasteiger partial charge in [0.05, 0.1) is 6.10 Å². The van der Waals surface area contributed by atoms with Crippen LogP contribution in [0.5, 0.6) is 5.75 Å². The summed E-state index contributed by atoms with van der Waals surface area (Å²) in [7, 11) is 0. The molecule has 1 N–H and O–H groups in total. The van der Waals surface area contributed by atoms with E-state index in [9.17, 15) is 0 Å². The van der Waals surface area contributed by atoms with Crippen LogP contribution in [0, 0.1) is 6.92 Å². The highest BCUT2D eigenvalue weighted by atomic mass is 16.5. The van der Waals surface area contributed by atoms with Gasteiger partial charge in [0.25, 0.3) is 0 Å². The standard InChI is InChI=1S/C17H24N2O/c1-5-19-9-8-15(12-19)11-18-17-7-6-16(10-14(17)4)20-13(2)3/h6-10,12-13,18H,5,11H2,1-4H3. The number of anilines is 1. The number of nitrogens with one attached hydrogen (secondary N) is 1. The number of aryl methyl sites for hydroxylation is 2. The molecule has 1 aromatic heterocycles. The van der Waals surface area contributed by atoms with Crippen molar-refractivity contribution in [2.24, 2.45) is 0 Å². The van der Waals surface area contributed by atoms with E-state index in [0.717, 1.165) is 24.5 Å². The lowest BCUT2D eigenvalue weighted by molar-refractivity contribution is 0.242. The molecule has 3 nitrogen and oxygen atoms in total. The lowest BCUT2D eigenvalue weighted by atomic mass is 10.2. The molecule has 1 heterocycles. The smallest absolute Gasteiger partial charge is 0.120 e. The van der Waals surface area contributed by atoms with Crippen LogP contribution in [0.15, 0.2) is 36.7 Å². The molecule has 0 saturated carbocycles. The van der Waals surface area contributed by atoms with E-state index in [1.165, 1.54) is 11.1 Å². The predicted molar refractivity (Wildman–Crippen MR) is 84.4 cm³/mol. The van der Waals surface area contributed by atoms with E-state index in [1.54, 1.807) is 0 Å². The van der Waals surface area contributed by atoms with Crippen LogP contribution in [0.2, 0.25) is 0 Å². The van der Waals surface area contributed by atoms with Crippen LogP contribution in [-0.2, 0) is 13.1 Å². The second kappa shape index (κ2) is 6.51. The average molecular weight is 272 g/mol. The van der Waals surface area contributed by atoms with Gasteiger partial charge in [0, 0.05) is 31.2 Å². The summed E-state index contributed by atoms with van der Waals surface area (Å²) >= 11 is 0. The molecule has 0 aliphatic rings. The van der Waals surface area contributed by atoms with Gasteiger partial charge in [0.1, 0.15) is 5.75 Å². The van der Waals surface area contributed by atoms with Gasteiger partial charge < -0.3 is 14.6 Å². The van der Waals surface area contributed by atoms with Crippen molar-refractivity contribution in [1.29, 1.82) is 0 Å². The van der Waals surface area contributed by atoms with Gasteiger partial charge in [0.15, 0.2) is 0 Å². The maximum atomic E-state index is 5.70. The highest BCUT2D eigenvalue weighted by molar-refractivity contribution is 5.53. The van der Waals surface area contributed by atoms with Gasteiger partial charge in [-0.1, -0.05) is 0 Å². The number of ether oxygens (including phenoxy) is 1. The minimum atomic E-state index is 0.210. The van der Waals surface area contributed by atoms with Gasteiger partial charge in [-0.25, -0.2) is 0 Å². The molecule has 0 spiro atoms. The summed E-state index contributed by atoms with van der Waals surface area (Å²) in [4.78, 5) is 0. The van der Waals surface area contributed by atoms with Crippen molar-refractivity contribution in [2.45, 2.75) is 46.9 Å². The number of benzene rings is 1. The zero-order valence-corrected chi connectivity index (χ0v) is 12.8. The molecular weight excluding hydrogens is 248 g/mol. The van der Waals surface area contributed by atoms with Gasteiger partial charge in [0.2, 0.25) is 0 Å². The number of aromatic nitrogens is 1. The zero-order chi connectivity index (χ0) is 14.5. The highest BCUT2D eigenvalue weighted by Crippen LogP contribution is 2.22. The third-order valence-electron chi connectivity index (χ3n) is 3.23. The van der Waals surface area contributed by atoms with Gasteiger partial charge in [-0.3, -0.25) is 0 Å². The van der Waals surface area contributed by atoms with E-state index in [4.69, 9.17) is 4.74 Å². The van der Waals surface area contributed by atoms with Crippen LogP contribution in [0.1, 0.15) is 31.9 Å². The topological polar surface area (TPSA) is 26.2 Å². The summed E-state index contributed by atoms with van der Waals surface area (Å²) in [6, 6.07) is 8.35. The van der Waals surface area contributed by atoms with Crippen LogP contribution in [-0.4, -0.2) is 10.7 Å². The molecule has 1 aromatic carbocycles. The highest BCUT2D eigenvalue weighted by Gasteiger charge is 2.03.